The van der Waals surface area contributed by atoms with Gasteiger partial charge in [-0.15, -0.1) is 0 Å². The van der Waals surface area contributed by atoms with Crippen molar-refractivity contribution in [3.05, 3.63) is 75.3 Å². The summed E-state index contributed by atoms with van der Waals surface area (Å²) in [5.74, 6) is -0.355. The number of nitro groups is 1. The van der Waals surface area contributed by atoms with Crippen molar-refractivity contribution in [1.29, 1.82) is 0 Å². The molecular formula is C19H22N2O5. The first-order valence-electron chi connectivity index (χ1n) is 8.36. The first-order valence-corrected chi connectivity index (χ1v) is 8.36. The zero-order valence-electron chi connectivity index (χ0n) is 14.6. The molecule has 1 N–H and O–H groups in total. The molecule has 0 aliphatic heterocycles. The van der Waals surface area contributed by atoms with Gasteiger partial charge in [0.1, 0.15) is 0 Å². The van der Waals surface area contributed by atoms with Crippen molar-refractivity contribution >= 4 is 11.6 Å². The van der Waals surface area contributed by atoms with Crippen LogP contribution in [-0.2, 0) is 22.6 Å². The number of carbonyl (C=O) groups is 1. The number of nitro benzene ring substituents is 1. The Morgan fingerprint density at radius 2 is 1.81 bits per heavy atom. The van der Waals surface area contributed by atoms with Crippen molar-refractivity contribution < 1.29 is 19.2 Å². The van der Waals surface area contributed by atoms with Gasteiger partial charge in [0.2, 0.25) is 0 Å². The van der Waals surface area contributed by atoms with Gasteiger partial charge >= 0.3 is 0 Å². The molecule has 26 heavy (non-hydrogen) atoms. The number of hydrogen-bond acceptors (Lipinski definition) is 5. The monoisotopic (exact) mass is 358 g/mol. The van der Waals surface area contributed by atoms with E-state index in [9.17, 15) is 14.9 Å². The number of nitrogens with one attached hydrogen (secondary N) is 1. The van der Waals surface area contributed by atoms with Crippen LogP contribution < -0.4 is 5.32 Å². The minimum atomic E-state index is -0.522. The highest BCUT2D eigenvalue weighted by molar-refractivity contribution is 5.94. The van der Waals surface area contributed by atoms with E-state index in [0.717, 1.165) is 11.1 Å². The molecule has 2 rings (SSSR count). The Hall–Kier alpha value is -2.77. The van der Waals surface area contributed by atoms with Crippen LogP contribution in [0, 0.1) is 10.1 Å². The highest BCUT2D eigenvalue weighted by Gasteiger charge is 2.11. The lowest BCUT2D eigenvalue weighted by atomic mass is 10.1. The third kappa shape index (κ3) is 6.27. The third-order valence-electron chi connectivity index (χ3n) is 3.61. The van der Waals surface area contributed by atoms with Crippen molar-refractivity contribution in [3.8, 4) is 0 Å². The summed E-state index contributed by atoms with van der Waals surface area (Å²) in [5, 5.41) is 13.6. The molecule has 0 saturated heterocycles. The van der Waals surface area contributed by atoms with Gasteiger partial charge in [-0.2, -0.15) is 0 Å². The molecule has 0 radical (unpaired) electrons. The third-order valence-corrected chi connectivity index (χ3v) is 3.61. The Morgan fingerprint density at radius 3 is 2.58 bits per heavy atom. The molecule has 1 amide bonds. The smallest absolute Gasteiger partial charge is 0.270 e. The topological polar surface area (TPSA) is 90.7 Å². The zero-order chi connectivity index (χ0) is 18.8. The molecular weight excluding hydrogens is 336 g/mol. The number of rotatable bonds is 10. The fraction of sp³-hybridized carbons (Fsp3) is 0.316. The van der Waals surface area contributed by atoms with E-state index in [1.165, 1.54) is 18.2 Å². The molecule has 0 heterocycles. The lowest BCUT2D eigenvalue weighted by Gasteiger charge is -2.08. The summed E-state index contributed by atoms with van der Waals surface area (Å²) in [6.07, 6.45) is 0. The maximum Gasteiger partial charge on any atom is 0.270 e. The van der Waals surface area contributed by atoms with E-state index >= 15 is 0 Å². The molecule has 7 nitrogen and oxygen atoms in total. The van der Waals surface area contributed by atoms with Crippen LogP contribution >= 0.6 is 0 Å². The number of non-ortho nitro benzene ring substituents is 1. The average Bonchev–Trinajstić information content (AvgIpc) is 2.66. The van der Waals surface area contributed by atoms with Crippen LogP contribution in [-0.4, -0.2) is 30.7 Å². The van der Waals surface area contributed by atoms with E-state index in [1.54, 1.807) is 6.07 Å². The van der Waals surface area contributed by atoms with Gasteiger partial charge in [0, 0.05) is 30.8 Å². The normalized spacial score (nSPS) is 10.5. The molecule has 2 aromatic carbocycles. The molecule has 0 aliphatic rings. The second-order valence-electron chi connectivity index (χ2n) is 5.56. The van der Waals surface area contributed by atoms with Crippen molar-refractivity contribution in [3.63, 3.8) is 0 Å². The number of benzene rings is 2. The summed E-state index contributed by atoms with van der Waals surface area (Å²) < 4.78 is 10.7. The molecule has 7 heteroatoms. The minimum Gasteiger partial charge on any atom is -0.379 e. The maximum absolute atomic E-state index is 12.2. The number of amides is 1. The molecule has 0 aromatic heterocycles. The predicted molar refractivity (Wildman–Crippen MR) is 96.9 cm³/mol. The van der Waals surface area contributed by atoms with Crippen LogP contribution in [0.1, 0.15) is 28.4 Å². The lowest BCUT2D eigenvalue weighted by molar-refractivity contribution is -0.384. The molecule has 0 spiro atoms. The summed E-state index contributed by atoms with van der Waals surface area (Å²) in [4.78, 5) is 22.4. The SMILES string of the molecule is CCOCCOCc1cccc(CNC(=O)c2cccc([N+](=O)[O-])c2)c1. The van der Waals surface area contributed by atoms with Crippen molar-refractivity contribution in [2.24, 2.45) is 0 Å². The van der Waals surface area contributed by atoms with Gasteiger partial charge in [-0.05, 0) is 24.1 Å². The molecule has 2 aromatic rings. The van der Waals surface area contributed by atoms with Gasteiger partial charge in [0.05, 0.1) is 24.7 Å². The number of nitrogens with zero attached hydrogens (tertiary/aromatic N) is 1. The highest BCUT2D eigenvalue weighted by atomic mass is 16.6. The van der Waals surface area contributed by atoms with E-state index in [0.29, 0.717) is 33.0 Å². The highest BCUT2D eigenvalue weighted by Crippen LogP contribution is 2.13. The van der Waals surface area contributed by atoms with E-state index in [4.69, 9.17) is 9.47 Å². The van der Waals surface area contributed by atoms with Gasteiger partial charge in [-0.1, -0.05) is 30.3 Å². The second kappa shape index (κ2) is 10.3. The molecule has 0 bridgehead atoms. The van der Waals surface area contributed by atoms with Crippen LogP contribution in [0.3, 0.4) is 0 Å². The standard InChI is InChI=1S/C19H22N2O5/c1-2-25-9-10-26-14-16-6-3-5-15(11-16)13-20-19(22)17-7-4-8-18(12-17)21(23)24/h3-8,11-12H,2,9-10,13-14H2,1H3,(H,20,22). The Bertz CT molecular complexity index is 748. The molecule has 0 fully saturated rings. The maximum atomic E-state index is 12.2. The summed E-state index contributed by atoms with van der Waals surface area (Å²) in [5.41, 5.74) is 2.08. The van der Waals surface area contributed by atoms with Crippen LogP contribution in [0.4, 0.5) is 5.69 Å². The molecule has 0 unspecified atom stereocenters. The quantitative estimate of drug-likeness (QED) is 0.400. The number of hydrogen-bond donors (Lipinski definition) is 1. The van der Waals surface area contributed by atoms with Gasteiger partial charge in [0.15, 0.2) is 0 Å². The Labute approximate surface area is 152 Å². The molecule has 0 aliphatic carbocycles. The Balaban J connectivity index is 1.87. The van der Waals surface area contributed by atoms with Gasteiger partial charge in [-0.3, -0.25) is 14.9 Å². The van der Waals surface area contributed by atoms with Crippen LogP contribution in [0.2, 0.25) is 0 Å². The number of ether oxygens (including phenoxy) is 2. The largest absolute Gasteiger partial charge is 0.379 e. The number of carbonyl (C=O) groups excluding carboxylic acids is 1. The first-order chi connectivity index (χ1) is 12.6. The van der Waals surface area contributed by atoms with E-state index in [1.807, 2.05) is 31.2 Å². The fourth-order valence-corrected chi connectivity index (χ4v) is 2.33. The second-order valence-corrected chi connectivity index (χ2v) is 5.56. The summed E-state index contributed by atoms with van der Waals surface area (Å²) >= 11 is 0. The van der Waals surface area contributed by atoms with Crippen LogP contribution in [0.5, 0.6) is 0 Å². The minimum absolute atomic E-state index is 0.108. The van der Waals surface area contributed by atoms with Crippen molar-refractivity contribution in [2.75, 3.05) is 19.8 Å². The first kappa shape index (κ1) is 19.6. The van der Waals surface area contributed by atoms with Crippen LogP contribution in [0.15, 0.2) is 48.5 Å². The lowest BCUT2D eigenvalue weighted by Crippen LogP contribution is -2.22. The van der Waals surface area contributed by atoms with Crippen molar-refractivity contribution in [1.82, 2.24) is 5.32 Å². The Kier molecular flexibility index (Phi) is 7.73. The van der Waals surface area contributed by atoms with E-state index in [2.05, 4.69) is 5.32 Å². The van der Waals surface area contributed by atoms with Gasteiger partial charge in [0.25, 0.3) is 11.6 Å². The Morgan fingerprint density at radius 1 is 1.08 bits per heavy atom. The van der Waals surface area contributed by atoms with Gasteiger partial charge in [-0.25, -0.2) is 0 Å². The summed E-state index contributed by atoms with van der Waals surface area (Å²) in [6.45, 7) is 4.50. The van der Waals surface area contributed by atoms with Gasteiger partial charge < -0.3 is 14.8 Å². The molecule has 0 atom stereocenters. The molecule has 0 saturated carbocycles. The molecule has 138 valence electrons. The zero-order valence-corrected chi connectivity index (χ0v) is 14.6. The predicted octanol–water partition coefficient (Wildman–Crippen LogP) is 3.08. The van der Waals surface area contributed by atoms with E-state index in [-0.39, 0.29) is 17.2 Å². The summed E-state index contributed by atoms with van der Waals surface area (Å²) in [7, 11) is 0. The van der Waals surface area contributed by atoms with E-state index < -0.39 is 4.92 Å². The fourth-order valence-electron chi connectivity index (χ4n) is 2.33. The van der Waals surface area contributed by atoms with Crippen LogP contribution in [0.25, 0.3) is 0 Å². The summed E-state index contributed by atoms with van der Waals surface area (Å²) in [6, 6.07) is 13.4. The van der Waals surface area contributed by atoms with Crippen molar-refractivity contribution in [2.45, 2.75) is 20.1 Å². The average molecular weight is 358 g/mol.